The lowest BCUT2D eigenvalue weighted by Crippen LogP contribution is -2.40. The minimum Gasteiger partial charge on any atom is -0.352 e. The second-order valence-corrected chi connectivity index (χ2v) is 16.3. The fraction of sp³-hybridized carbons (Fsp3) is 0.833. The quantitative estimate of drug-likeness (QED) is 0.0305. The number of hydrogen-bond acceptors (Lipinski definition) is 12. The van der Waals surface area contributed by atoms with Crippen molar-refractivity contribution >= 4 is 52.8 Å². The summed E-state index contributed by atoms with van der Waals surface area (Å²) in [7, 11) is 5.26. The minimum absolute atomic E-state index is 0.0102. The second-order valence-electron chi connectivity index (χ2n) is 16.3. The maximum absolute atomic E-state index is 12.2. The lowest BCUT2D eigenvalue weighted by atomic mass is 9.88. The van der Waals surface area contributed by atoms with Crippen LogP contribution in [0.1, 0.15) is 203 Å². The second kappa shape index (κ2) is 62.8. The Morgan fingerprint density at radius 3 is 0.625 bits per heavy atom. The van der Waals surface area contributed by atoms with E-state index in [0.29, 0.717) is 58.2 Å². The topological polar surface area (TPSA) is 304 Å². The maximum atomic E-state index is 12.2. The van der Waals surface area contributed by atoms with Crippen molar-refractivity contribution in [3.8, 4) is 0 Å². The van der Waals surface area contributed by atoms with Crippen molar-refractivity contribution in [1.29, 1.82) is 0 Å². The summed E-state index contributed by atoms with van der Waals surface area (Å²) in [5.74, 6) is -0.0694. The molecule has 0 spiro atoms. The van der Waals surface area contributed by atoms with Crippen LogP contribution < -0.4 is 49.1 Å². The molecule has 0 aromatic heterocycles. The van der Waals surface area contributed by atoms with E-state index < -0.39 is 18.1 Å². The van der Waals surface area contributed by atoms with Crippen molar-refractivity contribution in [3.05, 3.63) is 0 Å². The molecule has 72 heavy (non-hydrogen) atoms. The van der Waals surface area contributed by atoms with Gasteiger partial charge in [-0.2, -0.15) is 0 Å². The predicted octanol–water partition coefficient (Wildman–Crippen LogP) is 8.69. The molecule has 0 aromatic carbocycles. The minimum atomic E-state index is -0.574. The van der Waals surface area contributed by atoms with Gasteiger partial charge in [-0.15, -0.1) is 0 Å². The first-order valence-electron chi connectivity index (χ1n) is 27.1. The highest BCUT2D eigenvalue weighted by Crippen LogP contribution is 2.19. The number of nitrogens with two attached hydrogens (primary N) is 3. The molecule has 0 heterocycles. The number of hydrogen-bond donors (Lipinski definition) is 9. The van der Waals surface area contributed by atoms with E-state index in [1.54, 1.807) is 21.1 Å². The highest BCUT2D eigenvalue weighted by atomic mass is 16.2. The maximum Gasteiger partial charge on any atom is 0.312 e. The van der Waals surface area contributed by atoms with Crippen LogP contribution in [0.5, 0.6) is 0 Å². The van der Waals surface area contributed by atoms with Gasteiger partial charge < -0.3 is 49.1 Å². The van der Waals surface area contributed by atoms with Crippen LogP contribution in [0.2, 0.25) is 0 Å². The Labute approximate surface area is 441 Å². The number of ketones is 6. The first-order chi connectivity index (χ1) is 33.9. The molecule has 18 heteroatoms. The van der Waals surface area contributed by atoms with Crippen molar-refractivity contribution in [3.63, 3.8) is 0 Å². The fourth-order valence-electron chi connectivity index (χ4n) is 6.74. The summed E-state index contributed by atoms with van der Waals surface area (Å²) in [4.78, 5) is 103. The third-order valence-electron chi connectivity index (χ3n) is 10.1. The summed E-state index contributed by atoms with van der Waals surface area (Å²) < 4.78 is 0. The van der Waals surface area contributed by atoms with Gasteiger partial charge in [0.25, 0.3) is 0 Å². The van der Waals surface area contributed by atoms with Crippen LogP contribution in [0.4, 0.5) is 14.4 Å². The largest absolute Gasteiger partial charge is 0.352 e. The number of Topliss-reactive ketones (excluding diaryl/α,β-unsaturated/α-hetero) is 6. The van der Waals surface area contributed by atoms with Crippen molar-refractivity contribution in [2.24, 2.45) is 52.7 Å². The number of carbonyl (C=O) groups excluding carboxylic acids is 9. The number of carbonyl (C=O) groups is 9. The molecule has 18 nitrogen and oxygen atoms in total. The average molecular weight is 1040 g/mol. The van der Waals surface area contributed by atoms with Crippen LogP contribution in [0, 0.1) is 35.5 Å². The lowest BCUT2D eigenvalue weighted by Gasteiger charge is -2.21. The van der Waals surface area contributed by atoms with Crippen molar-refractivity contribution < 1.29 is 43.2 Å². The molecule has 6 atom stereocenters. The van der Waals surface area contributed by atoms with Gasteiger partial charge in [-0.05, 0) is 98.2 Å². The molecule has 0 aliphatic carbocycles. The molecule has 0 saturated carbocycles. The fourth-order valence-corrected chi connectivity index (χ4v) is 6.74. The van der Waals surface area contributed by atoms with Crippen LogP contribution in [0.15, 0.2) is 0 Å². The van der Waals surface area contributed by atoms with Gasteiger partial charge in [0.05, 0.1) is 18.1 Å². The molecule has 0 saturated heterocycles. The zero-order chi connectivity index (χ0) is 59.1. The zero-order valence-electron chi connectivity index (χ0n) is 50.6. The molecular weight excluding hydrogens is 919 g/mol. The monoisotopic (exact) mass is 1040 g/mol. The third kappa shape index (κ3) is 55.0. The number of likely N-dealkylation sites (N-methyl/N-ethyl adjacent to an activating group) is 3. The van der Waals surface area contributed by atoms with Gasteiger partial charge in [-0.25, -0.2) is 14.4 Å². The molecule has 0 rings (SSSR count). The van der Waals surface area contributed by atoms with E-state index in [1.807, 2.05) is 125 Å². The van der Waals surface area contributed by atoms with E-state index in [9.17, 15) is 43.2 Å². The average Bonchev–Trinajstić information content (AvgIpc) is 3.33. The summed E-state index contributed by atoms with van der Waals surface area (Å²) in [5.41, 5.74) is 14.9. The van der Waals surface area contributed by atoms with Crippen LogP contribution in [0.3, 0.4) is 0 Å². The number of amides is 6. The van der Waals surface area contributed by atoms with Gasteiger partial charge in [0.2, 0.25) is 0 Å². The first kappa shape index (κ1) is 87.4. The van der Waals surface area contributed by atoms with Crippen molar-refractivity contribution in [2.75, 3.05) is 40.8 Å². The van der Waals surface area contributed by atoms with Gasteiger partial charge in [0.1, 0.15) is 17.3 Å². The Bertz CT molecular complexity index is 1190. The summed E-state index contributed by atoms with van der Waals surface area (Å²) >= 11 is 0. The highest BCUT2D eigenvalue weighted by Gasteiger charge is 2.28. The van der Waals surface area contributed by atoms with E-state index >= 15 is 0 Å². The standard InChI is InChI=1S/3C14H27N3O3.6C2H6/c3*1-9(2)13(16-4)12(19)8-11(10(3)18)6-5-7-17-14(15)20;6*1-2/h3*9,11,13,16H,5-8H2,1-4H3,(H3,15,17,20);6*1-2H3/t11-,13+;2*11-,13-;;;;;;/m010....../s1. The Kier molecular flexibility index (Phi) is 76.3. The molecule has 6 amide bonds. The number of urea groups is 3. The lowest BCUT2D eigenvalue weighted by molar-refractivity contribution is -0.128. The van der Waals surface area contributed by atoms with E-state index in [2.05, 4.69) is 31.9 Å². The van der Waals surface area contributed by atoms with Gasteiger partial charge in [-0.3, -0.25) is 28.8 Å². The molecule has 0 aliphatic rings. The molecular formula is C54H117N9O9. The number of primary amides is 3. The van der Waals surface area contributed by atoms with Crippen LogP contribution in [0.25, 0.3) is 0 Å². The van der Waals surface area contributed by atoms with Crippen LogP contribution in [-0.2, 0) is 28.8 Å². The van der Waals surface area contributed by atoms with Crippen molar-refractivity contribution in [1.82, 2.24) is 31.9 Å². The van der Waals surface area contributed by atoms with Gasteiger partial charge in [0.15, 0.2) is 17.3 Å². The smallest absolute Gasteiger partial charge is 0.312 e. The van der Waals surface area contributed by atoms with Crippen LogP contribution >= 0.6 is 0 Å². The van der Waals surface area contributed by atoms with Gasteiger partial charge >= 0.3 is 18.1 Å². The first-order valence-corrected chi connectivity index (χ1v) is 27.1. The SMILES string of the molecule is CC.CC.CC.CC.CC.CC.CN[C@@H](C(=O)C[C@@H](CCCNC(N)=O)C(C)=O)C(C)C.CN[C@@H](C(=O)C[C@H](CCCNC(N)=O)C(C)=O)C(C)C.CN[C@H](C(=O)C[C@H](CCCNC(N)=O)C(C)=O)C(C)C. The summed E-state index contributed by atoms with van der Waals surface area (Å²) in [6.07, 6.45) is 4.37. The summed E-state index contributed by atoms with van der Waals surface area (Å²) in [6.45, 7) is 41.6. The molecule has 0 radical (unpaired) electrons. The Morgan fingerprint density at radius 1 is 0.347 bits per heavy atom. The Balaban J connectivity index is -0.000000106. The van der Waals surface area contributed by atoms with E-state index in [-0.39, 0.29) is 108 Å². The van der Waals surface area contributed by atoms with E-state index in [0.717, 1.165) is 0 Å². The molecule has 0 unspecified atom stereocenters. The summed E-state index contributed by atoms with van der Waals surface area (Å²) in [6, 6.07) is -2.39. The van der Waals surface area contributed by atoms with Gasteiger partial charge in [-0.1, -0.05) is 125 Å². The Hall–Kier alpha value is -4.29. The van der Waals surface area contributed by atoms with E-state index in [4.69, 9.17) is 17.2 Å². The van der Waals surface area contributed by atoms with Crippen molar-refractivity contribution in [2.45, 2.75) is 221 Å². The molecule has 0 bridgehead atoms. The molecule has 0 fully saturated rings. The van der Waals surface area contributed by atoms with E-state index in [1.165, 1.54) is 20.8 Å². The summed E-state index contributed by atoms with van der Waals surface area (Å²) in [5, 5.41) is 16.4. The Morgan fingerprint density at radius 2 is 0.514 bits per heavy atom. The highest BCUT2D eigenvalue weighted by molar-refractivity contribution is 5.91. The third-order valence-corrected chi connectivity index (χ3v) is 10.1. The van der Waals surface area contributed by atoms with Gasteiger partial charge in [0, 0.05) is 56.7 Å². The number of rotatable bonds is 30. The molecule has 0 aromatic rings. The number of nitrogens with one attached hydrogen (secondary N) is 6. The molecule has 12 N–H and O–H groups in total. The normalized spacial score (nSPS) is 12.0. The zero-order valence-corrected chi connectivity index (χ0v) is 50.6. The molecule has 0 aliphatic heterocycles. The predicted molar refractivity (Wildman–Crippen MR) is 303 cm³/mol. The molecule has 432 valence electrons. The van der Waals surface area contributed by atoms with Crippen LogP contribution in [-0.4, -0.2) is 112 Å².